The van der Waals surface area contributed by atoms with Crippen LogP contribution in [0.3, 0.4) is 0 Å². The number of nitrogens with two attached hydrogens (primary N) is 1. The number of nitrogens with zero attached hydrogens (tertiary/aromatic N) is 3. The Hall–Kier alpha value is -1.71. The molecule has 0 radical (unpaired) electrons. The molecule has 1 aliphatic carbocycles. The zero-order valence-electron chi connectivity index (χ0n) is 13.1. The van der Waals surface area contributed by atoms with Crippen molar-refractivity contribution in [3.8, 4) is 0 Å². The predicted octanol–water partition coefficient (Wildman–Crippen LogP) is 3.70. The van der Waals surface area contributed by atoms with E-state index < -0.39 is 6.55 Å². The lowest BCUT2D eigenvalue weighted by molar-refractivity contribution is 0.0671. The van der Waals surface area contributed by atoms with Gasteiger partial charge in [-0.1, -0.05) is 12.1 Å². The maximum absolute atomic E-state index is 12.7. The zero-order valence-corrected chi connectivity index (χ0v) is 15.4. The van der Waals surface area contributed by atoms with Crippen LogP contribution < -0.4 is 11.1 Å². The third kappa shape index (κ3) is 4.22. The fourth-order valence-electron chi connectivity index (χ4n) is 2.88. The number of rotatable bonds is 4. The predicted molar refractivity (Wildman–Crippen MR) is 101 cm³/mol. The average Bonchev–Trinajstić information content (AvgIpc) is 3.02. The molecule has 0 saturated carbocycles. The summed E-state index contributed by atoms with van der Waals surface area (Å²) in [7, 11) is 0. The van der Waals surface area contributed by atoms with E-state index in [0.717, 1.165) is 29.5 Å². The van der Waals surface area contributed by atoms with Gasteiger partial charge in [0.2, 0.25) is 0 Å². The van der Waals surface area contributed by atoms with E-state index in [4.69, 9.17) is 5.73 Å². The second-order valence-corrected chi connectivity index (χ2v) is 5.51. The number of aryl methyl sites for hydroxylation is 1. The number of alkyl halides is 2. The molecule has 3 rings (SSSR count). The number of guanidine groups is 1. The summed E-state index contributed by atoms with van der Waals surface area (Å²) in [5.74, 6) is 0.382. The quantitative estimate of drug-likeness (QED) is 0.427. The molecule has 130 valence electrons. The fourth-order valence-corrected chi connectivity index (χ4v) is 2.88. The maximum Gasteiger partial charge on any atom is 0.319 e. The number of aromatic nitrogens is 2. The number of fused-ring (bicyclic) bond motifs is 1. The van der Waals surface area contributed by atoms with Gasteiger partial charge in [0, 0.05) is 18.1 Å². The van der Waals surface area contributed by atoms with Gasteiger partial charge < -0.3 is 11.1 Å². The first kappa shape index (κ1) is 18.6. The molecular formula is C16H20F2IN5. The fraction of sp³-hybridized carbons (Fsp3) is 0.375. The molecule has 0 fully saturated rings. The number of hydrogen-bond donors (Lipinski definition) is 2. The third-order valence-corrected chi connectivity index (χ3v) is 4.01. The molecule has 0 aliphatic heterocycles. The summed E-state index contributed by atoms with van der Waals surface area (Å²) in [4.78, 5) is 8.00. The average molecular weight is 447 g/mol. The van der Waals surface area contributed by atoms with Crippen molar-refractivity contribution in [3.05, 3.63) is 47.5 Å². The molecule has 5 nitrogen and oxygen atoms in total. The highest BCUT2D eigenvalue weighted by molar-refractivity contribution is 14.0. The highest BCUT2D eigenvalue weighted by atomic mass is 127. The van der Waals surface area contributed by atoms with Crippen molar-refractivity contribution in [2.45, 2.75) is 38.8 Å². The second kappa shape index (κ2) is 8.41. The van der Waals surface area contributed by atoms with E-state index in [2.05, 4.69) is 21.4 Å². The van der Waals surface area contributed by atoms with Gasteiger partial charge in [0.05, 0.1) is 0 Å². The molecule has 24 heavy (non-hydrogen) atoms. The van der Waals surface area contributed by atoms with Gasteiger partial charge in [0.1, 0.15) is 12.4 Å². The molecular weight excluding hydrogens is 427 g/mol. The number of anilines is 1. The minimum atomic E-state index is -2.63. The van der Waals surface area contributed by atoms with Crippen LogP contribution in [-0.2, 0) is 19.4 Å². The van der Waals surface area contributed by atoms with Crippen molar-refractivity contribution in [1.82, 2.24) is 9.55 Å². The molecule has 0 saturated heterocycles. The number of aliphatic imine (C=N–C) groups is 1. The van der Waals surface area contributed by atoms with Crippen molar-refractivity contribution in [3.63, 3.8) is 0 Å². The van der Waals surface area contributed by atoms with Gasteiger partial charge in [-0.25, -0.2) is 9.98 Å². The first-order valence-corrected chi connectivity index (χ1v) is 7.62. The summed E-state index contributed by atoms with van der Waals surface area (Å²) in [6.45, 7) is -2.62. The smallest absolute Gasteiger partial charge is 0.319 e. The molecule has 0 amide bonds. The van der Waals surface area contributed by atoms with Crippen LogP contribution in [0.25, 0.3) is 0 Å². The van der Waals surface area contributed by atoms with Crippen LogP contribution in [0.4, 0.5) is 14.5 Å². The monoisotopic (exact) mass is 447 g/mol. The first-order chi connectivity index (χ1) is 11.1. The van der Waals surface area contributed by atoms with E-state index >= 15 is 0 Å². The summed E-state index contributed by atoms with van der Waals surface area (Å²) in [5.41, 5.74) is 9.45. The van der Waals surface area contributed by atoms with Crippen LogP contribution in [0.1, 0.15) is 36.3 Å². The van der Waals surface area contributed by atoms with Crippen LogP contribution >= 0.6 is 24.0 Å². The molecule has 3 N–H and O–H groups in total. The van der Waals surface area contributed by atoms with Gasteiger partial charge in [-0.05, 0) is 42.9 Å². The Morgan fingerprint density at radius 1 is 1.33 bits per heavy atom. The number of nitrogens with one attached hydrogen (secondary N) is 1. The maximum atomic E-state index is 12.7. The van der Waals surface area contributed by atoms with E-state index in [0.29, 0.717) is 0 Å². The number of hydrogen-bond acceptors (Lipinski definition) is 2. The molecule has 1 aliphatic rings. The summed E-state index contributed by atoms with van der Waals surface area (Å²) < 4.78 is 26.3. The topological polar surface area (TPSA) is 68.2 Å². The van der Waals surface area contributed by atoms with E-state index in [1.165, 1.54) is 29.9 Å². The van der Waals surface area contributed by atoms with Gasteiger partial charge in [-0.3, -0.25) is 4.57 Å². The molecule has 0 atom stereocenters. The van der Waals surface area contributed by atoms with Gasteiger partial charge in [0.15, 0.2) is 5.96 Å². The Morgan fingerprint density at radius 2 is 2.12 bits per heavy atom. The molecule has 2 aromatic rings. The normalized spacial score (nSPS) is 14.2. The molecule has 1 heterocycles. The lowest BCUT2D eigenvalue weighted by atomic mass is 9.90. The van der Waals surface area contributed by atoms with Crippen molar-refractivity contribution < 1.29 is 8.78 Å². The third-order valence-electron chi connectivity index (χ3n) is 4.01. The van der Waals surface area contributed by atoms with E-state index in [1.54, 1.807) is 0 Å². The summed E-state index contributed by atoms with van der Waals surface area (Å²) in [5, 5.41) is 3.08. The first-order valence-electron chi connectivity index (χ1n) is 7.62. The SMILES string of the molecule is I.NC(=NCc1nccn1C(F)F)Nc1cccc2c1CCCC2. The largest absolute Gasteiger partial charge is 0.370 e. The Bertz CT molecular complexity index is 714. The second-order valence-electron chi connectivity index (χ2n) is 5.51. The van der Waals surface area contributed by atoms with Crippen molar-refractivity contribution >= 4 is 35.6 Å². The number of benzene rings is 1. The van der Waals surface area contributed by atoms with Crippen LogP contribution in [-0.4, -0.2) is 15.5 Å². The van der Waals surface area contributed by atoms with Gasteiger partial charge in [-0.15, -0.1) is 24.0 Å². The van der Waals surface area contributed by atoms with Crippen LogP contribution in [0.15, 0.2) is 35.6 Å². The Labute approximate surface area is 156 Å². The number of imidazole rings is 1. The van der Waals surface area contributed by atoms with Crippen LogP contribution in [0.2, 0.25) is 0 Å². The number of halogens is 3. The molecule has 8 heteroatoms. The summed E-state index contributed by atoms with van der Waals surface area (Å²) in [6.07, 6.45) is 7.01. The van der Waals surface area contributed by atoms with E-state index in [9.17, 15) is 8.78 Å². The molecule has 1 aromatic heterocycles. The molecule has 0 unspecified atom stereocenters. The zero-order chi connectivity index (χ0) is 16.2. The van der Waals surface area contributed by atoms with Gasteiger partial charge >= 0.3 is 6.55 Å². The van der Waals surface area contributed by atoms with Crippen molar-refractivity contribution in [2.24, 2.45) is 10.7 Å². The van der Waals surface area contributed by atoms with Crippen molar-refractivity contribution in [1.29, 1.82) is 0 Å². The van der Waals surface area contributed by atoms with Crippen molar-refractivity contribution in [2.75, 3.05) is 5.32 Å². The minimum Gasteiger partial charge on any atom is -0.370 e. The highest BCUT2D eigenvalue weighted by Gasteiger charge is 2.14. The Morgan fingerprint density at radius 3 is 2.92 bits per heavy atom. The van der Waals surface area contributed by atoms with E-state index in [1.807, 2.05) is 12.1 Å². The van der Waals surface area contributed by atoms with Gasteiger partial charge in [-0.2, -0.15) is 8.78 Å². The van der Waals surface area contributed by atoms with Crippen LogP contribution in [0, 0.1) is 0 Å². The van der Waals surface area contributed by atoms with E-state index in [-0.39, 0.29) is 42.3 Å². The van der Waals surface area contributed by atoms with Crippen LogP contribution in [0.5, 0.6) is 0 Å². The molecule has 0 bridgehead atoms. The Balaban J connectivity index is 0.00000208. The lowest BCUT2D eigenvalue weighted by Crippen LogP contribution is -2.24. The van der Waals surface area contributed by atoms with Gasteiger partial charge in [0.25, 0.3) is 0 Å². The Kier molecular flexibility index (Phi) is 6.52. The highest BCUT2D eigenvalue weighted by Crippen LogP contribution is 2.27. The molecule has 0 spiro atoms. The summed E-state index contributed by atoms with van der Waals surface area (Å²) in [6, 6.07) is 6.09. The standard InChI is InChI=1S/C16H19F2N5.HI/c17-15(18)23-9-8-20-14(23)10-21-16(19)22-13-7-3-5-11-4-1-2-6-12(11)13;/h3,5,7-9,15H,1-2,4,6,10H2,(H3,19,21,22);1H. The molecule has 1 aromatic carbocycles. The lowest BCUT2D eigenvalue weighted by Gasteiger charge is -2.19. The minimum absolute atomic E-state index is 0. The summed E-state index contributed by atoms with van der Waals surface area (Å²) >= 11 is 0.